The summed E-state index contributed by atoms with van der Waals surface area (Å²) in [6, 6.07) is 10.6. The standard InChI is InChI=1S/C17H16ClNO3/c18-14-4-2-1-3-13(14)15-7-8-16(22-15)17(21)19-12-6-5-11(9-12)10-20/h1-8,11-12,20H,9-10H2,(H,19,21)/t11-,12+/m0/s1. The molecule has 1 aliphatic rings. The van der Waals surface area contributed by atoms with Crippen LogP contribution in [-0.4, -0.2) is 23.7 Å². The summed E-state index contributed by atoms with van der Waals surface area (Å²) in [5, 5.41) is 12.5. The largest absolute Gasteiger partial charge is 0.451 e. The lowest BCUT2D eigenvalue weighted by Gasteiger charge is -2.11. The SMILES string of the molecule is O=C(N[C@@H]1C=C[C@H](CO)C1)c1ccc(-c2ccccc2Cl)o1. The van der Waals surface area contributed by atoms with E-state index >= 15 is 0 Å². The molecule has 2 aromatic rings. The molecule has 0 saturated carbocycles. The Morgan fingerprint density at radius 1 is 1.27 bits per heavy atom. The van der Waals surface area contributed by atoms with Gasteiger partial charge in [0.1, 0.15) is 5.76 Å². The molecule has 22 heavy (non-hydrogen) atoms. The Kier molecular flexibility index (Phi) is 4.32. The summed E-state index contributed by atoms with van der Waals surface area (Å²) in [5.41, 5.74) is 0.754. The normalized spacial score (nSPS) is 20.3. The molecule has 1 aromatic heterocycles. The van der Waals surface area contributed by atoms with Crippen molar-refractivity contribution >= 4 is 17.5 Å². The lowest BCUT2D eigenvalue weighted by Crippen LogP contribution is -2.32. The van der Waals surface area contributed by atoms with Crippen LogP contribution >= 0.6 is 11.6 Å². The van der Waals surface area contributed by atoms with Crippen LogP contribution in [0.25, 0.3) is 11.3 Å². The predicted octanol–water partition coefficient (Wildman–Crippen LogP) is 3.27. The van der Waals surface area contributed by atoms with E-state index in [0.717, 1.165) is 5.56 Å². The lowest BCUT2D eigenvalue weighted by atomic mass is 10.1. The van der Waals surface area contributed by atoms with Gasteiger partial charge >= 0.3 is 0 Å². The van der Waals surface area contributed by atoms with Crippen molar-refractivity contribution in [1.29, 1.82) is 0 Å². The number of amides is 1. The van der Waals surface area contributed by atoms with Crippen LogP contribution in [-0.2, 0) is 0 Å². The van der Waals surface area contributed by atoms with Gasteiger partial charge in [-0.05, 0) is 30.7 Å². The van der Waals surface area contributed by atoms with Crippen molar-refractivity contribution in [3.05, 3.63) is 59.3 Å². The Labute approximate surface area is 133 Å². The molecule has 0 fully saturated rings. The van der Waals surface area contributed by atoms with Crippen LogP contribution in [0.4, 0.5) is 0 Å². The summed E-state index contributed by atoms with van der Waals surface area (Å²) >= 11 is 6.12. The zero-order chi connectivity index (χ0) is 15.5. The highest BCUT2D eigenvalue weighted by Crippen LogP contribution is 2.29. The molecule has 114 valence electrons. The average molecular weight is 318 g/mol. The van der Waals surface area contributed by atoms with Crippen LogP contribution in [0.1, 0.15) is 17.0 Å². The first kappa shape index (κ1) is 14.9. The van der Waals surface area contributed by atoms with Gasteiger partial charge in [0.25, 0.3) is 5.91 Å². The van der Waals surface area contributed by atoms with Crippen LogP contribution in [0, 0.1) is 5.92 Å². The number of hydrogen-bond donors (Lipinski definition) is 2. The number of carbonyl (C=O) groups excluding carboxylic acids is 1. The summed E-state index contributed by atoms with van der Waals surface area (Å²) < 4.78 is 5.61. The minimum atomic E-state index is -0.272. The van der Waals surface area contributed by atoms with E-state index in [9.17, 15) is 4.79 Å². The Morgan fingerprint density at radius 3 is 2.82 bits per heavy atom. The molecular weight excluding hydrogens is 302 g/mol. The number of hydrogen-bond acceptors (Lipinski definition) is 3. The molecule has 0 saturated heterocycles. The first-order valence-electron chi connectivity index (χ1n) is 7.12. The molecule has 0 unspecified atom stereocenters. The summed E-state index contributed by atoms with van der Waals surface area (Å²) in [5.74, 6) is 0.647. The Bertz CT molecular complexity index is 707. The van der Waals surface area contributed by atoms with Crippen LogP contribution in [0.2, 0.25) is 5.02 Å². The van der Waals surface area contributed by atoms with Gasteiger partial charge in [-0.2, -0.15) is 0 Å². The van der Waals surface area contributed by atoms with Gasteiger partial charge in [0.2, 0.25) is 0 Å². The quantitative estimate of drug-likeness (QED) is 0.851. The second-order valence-electron chi connectivity index (χ2n) is 5.29. The maximum Gasteiger partial charge on any atom is 0.287 e. The average Bonchev–Trinajstić information content (AvgIpc) is 3.16. The molecule has 0 radical (unpaired) electrons. The first-order chi connectivity index (χ1) is 10.7. The van der Waals surface area contributed by atoms with E-state index in [1.54, 1.807) is 18.2 Å². The maximum atomic E-state index is 12.2. The monoisotopic (exact) mass is 317 g/mol. The maximum absolute atomic E-state index is 12.2. The molecule has 1 heterocycles. The highest BCUT2D eigenvalue weighted by atomic mass is 35.5. The summed E-state index contributed by atoms with van der Waals surface area (Å²) in [6.45, 7) is 0.0975. The molecule has 1 aliphatic carbocycles. The highest BCUT2D eigenvalue weighted by Gasteiger charge is 2.22. The van der Waals surface area contributed by atoms with Crippen LogP contribution in [0.5, 0.6) is 0 Å². The van der Waals surface area contributed by atoms with E-state index in [4.69, 9.17) is 21.1 Å². The van der Waals surface area contributed by atoms with Crippen molar-refractivity contribution in [3.8, 4) is 11.3 Å². The Hall–Kier alpha value is -2.04. The molecule has 4 nitrogen and oxygen atoms in total. The molecule has 1 aromatic carbocycles. The predicted molar refractivity (Wildman–Crippen MR) is 84.7 cm³/mol. The number of aliphatic hydroxyl groups is 1. The molecular formula is C17H16ClNO3. The van der Waals surface area contributed by atoms with Crippen molar-refractivity contribution in [2.75, 3.05) is 6.61 Å². The third kappa shape index (κ3) is 3.08. The second-order valence-corrected chi connectivity index (χ2v) is 5.69. The van der Waals surface area contributed by atoms with Gasteiger partial charge in [-0.15, -0.1) is 0 Å². The van der Waals surface area contributed by atoms with E-state index in [2.05, 4.69) is 5.32 Å². The third-order valence-electron chi connectivity index (χ3n) is 3.69. The van der Waals surface area contributed by atoms with E-state index in [1.807, 2.05) is 30.4 Å². The van der Waals surface area contributed by atoms with Crippen LogP contribution in [0.15, 0.2) is 53.0 Å². The van der Waals surface area contributed by atoms with Crippen molar-refractivity contribution in [3.63, 3.8) is 0 Å². The molecule has 1 amide bonds. The minimum absolute atomic E-state index is 0.0708. The fourth-order valence-electron chi connectivity index (χ4n) is 2.52. The summed E-state index contributed by atoms with van der Waals surface area (Å²) in [7, 11) is 0. The Balaban J connectivity index is 1.70. The number of nitrogens with one attached hydrogen (secondary N) is 1. The zero-order valence-electron chi connectivity index (χ0n) is 11.8. The molecule has 5 heteroatoms. The number of furan rings is 1. The van der Waals surface area contributed by atoms with Gasteiger partial charge in [0, 0.05) is 24.1 Å². The van der Waals surface area contributed by atoms with Crippen molar-refractivity contribution in [2.24, 2.45) is 5.92 Å². The third-order valence-corrected chi connectivity index (χ3v) is 4.02. The molecule has 0 bridgehead atoms. The number of rotatable bonds is 4. The molecule has 2 N–H and O–H groups in total. The number of carbonyl (C=O) groups is 1. The smallest absolute Gasteiger partial charge is 0.287 e. The highest BCUT2D eigenvalue weighted by molar-refractivity contribution is 6.33. The number of benzene rings is 1. The van der Waals surface area contributed by atoms with E-state index < -0.39 is 0 Å². The number of halogens is 1. The topological polar surface area (TPSA) is 62.5 Å². The first-order valence-corrected chi connectivity index (χ1v) is 7.50. The lowest BCUT2D eigenvalue weighted by molar-refractivity contribution is 0.0914. The molecule has 0 aliphatic heterocycles. The minimum Gasteiger partial charge on any atom is -0.451 e. The summed E-state index contributed by atoms with van der Waals surface area (Å²) in [4.78, 5) is 12.2. The van der Waals surface area contributed by atoms with Gasteiger partial charge in [-0.1, -0.05) is 35.9 Å². The van der Waals surface area contributed by atoms with Gasteiger partial charge in [-0.3, -0.25) is 4.79 Å². The fraction of sp³-hybridized carbons (Fsp3) is 0.235. The van der Waals surface area contributed by atoms with E-state index in [0.29, 0.717) is 17.2 Å². The van der Waals surface area contributed by atoms with Crippen LogP contribution < -0.4 is 5.32 Å². The molecule has 2 atom stereocenters. The van der Waals surface area contributed by atoms with Crippen molar-refractivity contribution in [2.45, 2.75) is 12.5 Å². The van der Waals surface area contributed by atoms with Gasteiger partial charge in [0.15, 0.2) is 5.76 Å². The van der Waals surface area contributed by atoms with Gasteiger partial charge in [0.05, 0.1) is 5.02 Å². The number of aliphatic hydroxyl groups excluding tert-OH is 1. The molecule has 0 spiro atoms. The van der Waals surface area contributed by atoms with E-state index in [1.165, 1.54) is 0 Å². The van der Waals surface area contributed by atoms with E-state index in [-0.39, 0.29) is 30.2 Å². The Morgan fingerprint density at radius 2 is 2.09 bits per heavy atom. The molecule has 3 rings (SSSR count). The van der Waals surface area contributed by atoms with Gasteiger partial charge in [-0.25, -0.2) is 0 Å². The van der Waals surface area contributed by atoms with Crippen molar-refractivity contribution < 1.29 is 14.3 Å². The second kappa shape index (κ2) is 6.38. The summed E-state index contributed by atoms with van der Waals surface area (Å²) in [6.07, 6.45) is 4.53. The van der Waals surface area contributed by atoms with Gasteiger partial charge < -0.3 is 14.8 Å². The van der Waals surface area contributed by atoms with Crippen molar-refractivity contribution in [1.82, 2.24) is 5.32 Å². The fourth-order valence-corrected chi connectivity index (χ4v) is 2.75. The zero-order valence-corrected chi connectivity index (χ0v) is 12.6. The van der Waals surface area contributed by atoms with Crippen LogP contribution in [0.3, 0.4) is 0 Å².